The number of carboxylic acid groups (broad SMARTS) is 2. The van der Waals surface area contributed by atoms with Gasteiger partial charge in [0.1, 0.15) is 0 Å². The van der Waals surface area contributed by atoms with Gasteiger partial charge in [0.05, 0.1) is 25.7 Å². The second-order valence-electron chi connectivity index (χ2n) is 3.07. The third-order valence-electron chi connectivity index (χ3n) is 1.56. The average molecular weight is 263 g/mol. The largest absolute Gasteiger partial charge is 0.481 e. The van der Waals surface area contributed by atoms with Gasteiger partial charge in [-0.3, -0.25) is 19.2 Å². The maximum atomic E-state index is 10.9. The fourth-order valence-corrected chi connectivity index (χ4v) is 0.761. The minimum atomic E-state index is -1.13. The van der Waals surface area contributed by atoms with E-state index < -0.39 is 30.6 Å². The number of carbonyl (C=O) groups excluding carboxylic acids is 2. The van der Waals surface area contributed by atoms with Crippen molar-refractivity contribution >= 4 is 23.9 Å². The maximum Gasteiger partial charge on any atom is 0.325 e. The summed E-state index contributed by atoms with van der Waals surface area (Å²) in [7, 11) is 0. The molecule has 0 aliphatic rings. The van der Waals surface area contributed by atoms with Gasteiger partial charge in [-0.2, -0.15) is 0 Å². The van der Waals surface area contributed by atoms with Gasteiger partial charge in [0.15, 0.2) is 6.73 Å². The van der Waals surface area contributed by atoms with Gasteiger partial charge in [0.25, 0.3) is 0 Å². The van der Waals surface area contributed by atoms with Crippen LogP contribution in [0.4, 0.5) is 0 Å². The number of hydrogen-bond donors (Lipinski definition) is 3. The molecule has 3 N–H and O–H groups in total. The Morgan fingerprint density at radius 3 is 1.83 bits per heavy atom. The molecule has 0 spiro atoms. The van der Waals surface area contributed by atoms with Crippen molar-refractivity contribution in [1.82, 2.24) is 5.48 Å². The van der Waals surface area contributed by atoms with E-state index in [-0.39, 0.29) is 25.7 Å². The van der Waals surface area contributed by atoms with Crippen molar-refractivity contribution in [2.45, 2.75) is 25.7 Å². The number of rotatable bonds is 9. The summed E-state index contributed by atoms with van der Waals surface area (Å²) in [6.45, 7) is -0.433. The van der Waals surface area contributed by atoms with Gasteiger partial charge in [-0.15, -0.1) is 5.48 Å². The maximum absolute atomic E-state index is 10.9. The van der Waals surface area contributed by atoms with Crippen LogP contribution in [0.2, 0.25) is 0 Å². The predicted molar refractivity (Wildman–Crippen MR) is 53.9 cm³/mol. The van der Waals surface area contributed by atoms with Crippen molar-refractivity contribution in [3.05, 3.63) is 0 Å². The van der Waals surface area contributed by atoms with Crippen LogP contribution in [-0.2, 0) is 28.8 Å². The molecule has 0 aromatic heterocycles. The van der Waals surface area contributed by atoms with Gasteiger partial charge in [-0.1, -0.05) is 0 Å². The van der Waals surface area contributed by atoms with Gasteiger partial charge >= 0.3 is 23.9 Å². The molecule has 0 atom stereocenters. The van der Waals surface area contributed by atoms with E-state index in [1.165, 1.54) is 0 Å². The van der Waals surface area contributed by atoms with Gasteiger partial charge in [-0.05, 0) is 0 Å². The van der Waals surface area contributed by atoms with E-state index in [0.717, 1.165) is 0 Å². The molecular weight excluding hydrogens is 250 g/mol. The SMILES string of the molecule is O=C(O)CCC(=O)OCNOC(=O)CCC(=O)O. The smallest absolute Gasteiger partial charge is 0.325 e. The molecule has 0 heterocycles. The van der Waals surface area contributed by atoms with Gasteiger partial charge < -0.3 is 19.8 Å². The number of carbonyl (C=O) groups is 4. The Bertz CT molecular complexity index is 295. The fourth-order valence-electron chi connectivity index (χ4n) is 0.761. The average Bonchev–Trinajstić information content (AvgIpc) is 2.29. The van der Waals surface area contributed by atoms with Crippen LogP contribution >= 0.6 is 0 Å². The number of hydrogen-bond acceptors (Lipinski definition) is 7. The first kappa shape index (κ1) is 15.8. The molecule has 0 amide bonds. The van der Waals surface area contributed by atoms with Crippen molar-refractivity contribution < 1.29 is 39.0 Å². The molecule has 0 aliphatic heterocycles. The molecule has 18 heavy (non-hydrogen) atoms. The van der Waals surface area contributed by atoms with Crippen molar-refractivity contribution in [2.75, 3.05) is 6.73 Å². The Hall–Kier alpha value is -2.16. The van der Waals surface area contributed by atoms with Crippen LogP contribution in [0.1, 0.15) is 25.7 Å². The molecule has 0 aromatic carbocycles. The third-order valence-corrected chi connectivity index (χ3v) is 1.56. The van der Waals surface area contributed by atoms with Gasteiger partial charge in [0.2, 0.25) is 0 Å². The number of nitrogens with one attached hydrogen (secondary N) is 1. The first-order valence-corrected chi connectivity index (χ1v) is 4.93. The van der Waals surface area contributed by atoms with Crippen LogP contribution in [0.3, 0.4) is 0 Å². The molecule has 0 saturated carbocycles. The third kappa shape index (κ3) is 10.4. The number of aliphatic carboxylic acids is 2. The first-order valence-electron chi connectivity index (χ1n) is 4.93. The van der Waals surface area contributed by atoms with Gasteiger partial charge in [0, 0.05) is 0 Å². The van der Waals surface area contributed by atoms with Crippen LogP contribution in [0.15, 0.2) is 0 Å². The molecule has 102 valence electrons. The van der Waals surface area contributed by atoms with E-state index in [2.05, 4.69) is 9.57 Å². The zero-order chi connectivity index (χ0) is 14.0. The van der Waals surface area contributed by atoms with E-state index in [1.807, 2.05) is 5.48 Å². The standard InChI is InChI=1S/C9H13NO8/c11-6(12)1-3-8(15)17-5-10-18-9(16)4-2-7(13)14/h10H,1-5H2,(H,11,12)(H,13,14). The summed E-state index contributed by atoms with van der Waals surface area (Å²) < 4.78 is 4.46. The first-order chi connectivity index (χ1) is 8.41. The van der Waals surface area contributed by atoms with Crippen molar-refractivity contribution in [2.24, 2.45) is 0 Å². The molecule has 0 radical (unpaired) electrons. The van der Waals surface area contributed by atoms with Crippen molar-refractivity contribution in [3.8, 4) is 0 Å². The lowest BCUT2D eigenvalue weighted by Crippen LogP contribution is -2.25. The molecule has 0 aliphatic carbocycles. The Labute approximate surface area is 102 Å². The molecular formula is C9H13NO8. The number of carboxylic acids is 2. The van der Waals surface area contributed by atoms with Gasteiger partial charge in [-0.25, -0.2) is 0 Å². The summed E-state index contributed by atoms with van der Waals surface area (Å²) in [5.74, 6) is -3.82. The predicted octanol–water partition coefficient (Wildman–Crippen LogP) is -0.735. The second-order valence-corrected chi connectivity index (χ2v) is 3.07. The summed E-state index contributed by atoms with van der Waals surface area (Å²) in [6.07, 6.45) is -1.31. The highest BCUT2D eigenvalue weighted by Crippen LogP contribution is 1.93. The minimum absolute atomic E-state index is 0.288. The lowest BCUT2D eigenvalue weighted by atomic mass is 10.3. The molecule has 9 nitrogen and oxygen atoms in total. The zero-order valence-corrected chi connectivity index (χ0v) is 9.38. The Morgan fingerprint density at radius 1 is 0.833 bits per heavy atom. The summed E-state index contributed by atoms with van der Waals surface area (Å²) in [5, 5.41) is 16.5. The lowest BCUT2D eigenvalue weighted by Gasteiger charge is -2.06. The van der Waals surface area contributed by atoms with Crippen LogP contribution in [0.5, 0.6) is 0 Å². The van der Waals surface area contributed by atoms with Crippen LogP contribution < -0.4 is 5.48 Å². The fraction of sp³-hybridized carbons (Fsp3) is 0.556. The molecule has 0 saturated heterocycles. The lowest BCUT2D eigenvalue weighted by molar-refractivity contribution is -0.163. The number of esters is 1. The summed E-state index contributed by atoms with van der Waals surface area (Å²) in [6, 6.07) is 0. The van der Waals surface area contributed by atoms with Crippen LogP contribution in [0.25, 0.3) is 0 Å². The molecule has 0 fully saturated rings. The number of ether oxygens (including phenoxy) is 1. The highest BCUT2D eigenvalue weighted by Gasteiger charge is 2.08. The molecule has 9 heteroatoms. The van der Waals surface area contributed by atoms with Crippen molar-refractivity contribution in [1.29, 1.82) is 0 Å². The van der Waals surface area contributed by atoms with E-state index in [9.17, 15) is 19.2 Å². The van der Waals surface area contributed by atoms with E-state index >= 15 is 0 Å². The van der Waals surface area contributed by atoms with Crippen LogP contribution in [0, 0.1) is 0 Å². The summed E-state index contributed by atoms with van der Waals surface area (Å²) in [4.78, 5) is 46.2. The molecule has 0 bridgehead atoms. The normalized spacial score (nSPS) is 9.56. The minimum Gasteiger partial charge on any atom is -0.481 e. The van der Waals surface area contributed by atoms with E-state index in [1.54, 1.807) is 0 Å². The summed E-state index contributed by atoms with van der Waals surface area (Å²) in [5.41, 5.74) is 1.99. The highest BCUT2D eigenvalue weighted by molar-refractivity contribution is 5.77. The topological polar surface area (TPSA) is 139 Å². The summed E-state index contributed by atoms with van der Waals surface area (Å²) >= 11 is 0. The highest BCUT2D eigenvalue weighted by atomic mass is 16.7. The van der Waals surface area contributed by atoms with Crippen molar-refractivity contribution in [3.63, 3.8) is 0 Å². The van der Waals surface area contributed by atoms with Crippen LogP contribution in [-0.4, -0.2) is 40.8 Å². The Morgan fingerprint density at radius 2 is 1.33 bits per heavy atom. The van der Waals surface area contributed by atoms with E-state index in [4.69, 9.17) is 10.2 Å². The second kappa shape index (κ2) is 8.93. The van der Waals surface area contributed by atoms with E-state index in [0.29, 0.717) is 0 Å². The quantitative estimate of drug-likeness (QED) is 0.212. The Balaban J connectivity index is 3.49. The zero-order valence-electron chi connectivity index (χ0n) is 9.38. The molecule has 0 aromatic rings. The molecule has 0 unspecified atom stereocenters. The monoisotopic (exact) mass is 263 g/mol. The molecule has 0 rings (SSSR count). The Kier molecular flexibility index (Phi) is 7.86. The number of hydroxylamine groups is 1.